The Bertz CT molecular complexity index is 209. The van der Waals surface area contributed by atoms with Crippen molar-refractivity contribution in [2.45, 2.75) is 59.7 Å². The maximum Gasteiger partial charge on any atom is 0.306 e. The van der Waals surface area contributed by atoms with Gasteiger partial charge in [-0.15, -0.1) is 0 Å². The van der Waals surface area contributed by atoms with Crippen LogP contribution in [0.3, 0.4) is 0 Å². The molecule has 0 radical (unpaired) electrons. The highest BCUT2D eigenvalue weighted by Crippen LogP contribution is 2.11. The van der Waals surface area contributed by atoms with Gasteiger partial charge in [0, 0.05) is 12.8 Å². The maximum absolute atomic E-state index is 11.3. The molecule has 0 aliphatic carbocycles. The average Bonchev–Trinajstić information content (AvgIpc) is 1.97. The molecule has 0 aromatic rings. The Hall–Kier alpha value is -1.06. The van der Waals surface area contributed by atoms with E-state index in [1.165, 1.54) is 0 Å². The van der Waals surface area contributed by atoms with Crippen LogP contribution in [0.15, 0.2) is 0 Å². The lowest BCUT2D eigenvalue weighted by atomic mass is 10.0. The van der Waals surface area contributed by atoms with Gasteiger partial charge in [-0.3, -0.25) is 9.59 Å². The lowest BCUT2D eigenvalue weighted by Gasteiger charge is -2.13. The number of esters is 2. The van der Waals surface area contributed by atoms with E-state index in [-0.39, 0.29) is 42.9 Å². The van der Waals surface area contributed by atoms with E-state index in [1.54, 1.807) is 27.7 Å². The molecule has 0 aromatic heterocycles. The zero-order valence-electron chi connectivity index (χ0n) is 10.8. The summed E-state index contributed by atoms with van der Waals surface area (Å²) in [6.07, 6.45) is 0.293. The zero-order chi connectivity index (χ0) is 12.7. The summed E-state index contributed by atoms with van der Waals surface area (Å²) in [4.78, 5) is 22.6. The number of rotatable bonds is 6. The lowest BCUT2D eigenvalue weighted by Crippen LogP contribution is -2.18. The van der Waals surface area contributed by atoms with Gasteiger partial charge in [0.1, 0.15) is 0 Å². The molecule has 4 heteroatoms. The molecule has 0 bridgehead atoms. The highest BCUT2D eigenvalue weighted by atomic mass is 16.5. The lowest BCUT2D eigenvalue weighted by molar-refractivity contribution is -0.150. The van der Waals surface area contributed by atoms with Crippen molar-refractivity contribution < 1.29 is 19.1 Å². The van der Waals surface area contributed by atoms with Gasteiger partial charge in [-0.25, -0.2) is 0 Å². The summed E-state index contributed by atoms with van der Waals surface area (Å²) in [5.74, 6) is -0.572. The second kappa shape index (κ2) is 7.25. The standard InChI is InChI=1S/C12H22O4/c1-8(2)15-11(13)6-10(5)7-12(14)16-9(3)4/h8-10H,6-7H2,1-5H3. The van der Waals surface area contributed by atoms with E-state index in [0.29, 0.717) is 0 Å². The zero-order valence-corrected chi connectivity index (χ0v) is 10.8. The predicted molar refractivity (Wildman–Crippen MR) is 60.9 cm³/mol. The summed E-state index contributed by atoms with van der Waals surface area (Å²) in [6, 6.07) is 0. The molecular weight excluding hydrogens is 208 g/mol. The first kappa shape index (κ1) is 14.9. The monoisotopic (exact) mass is 230 g/mol. The molecule has 0 heterocycles. The first-order valence-corrected chi connectivity index (χ1v) is 5.70. The summed E-state index contributed by atoms with van der Waals surface area (Å²) < 4.78 is 9.98. The van der Waals surface area contributed by atoms with E-state index < -0.39 is 0 Å². The molecule has 0 aliphatic rings. The van der Waals surface area contributed by atoms with Gasteiger partial charge in [0.2, 0.25) is 0 Å². The molecule has 0 atom stereocenters. The van der Waals surface area contributed by atoms with Crippen molar-refractivity contribution in [3.8, 4) is 0 Å². The van der Waals surface area contributed by atoms with E-state index in [2.05, 4.69) is 0 Å². The van der Waals surface area contributed by atoms with Crippen LogP contribution in [0.25, 0.3) is 0 Å². The molecule has 0 saturated carbocycles. The fraction of sp³-hybridized carbons (Fsp3) is 0.833. The molecule has 0 amide bonds. The molecule has 0 fully saturated rings. The molecule has 0 aliphatic heterocycles. The van der Waals surface area contributed by atoms with Crippen molar-refractivity contribution in [3.63, 3.8) is 0 Å². The maximum atomic E-state index is 11.3. The van der Waals surface area contributed by atoms with Crippen LogP contribution in [0, 0.1) is 5.92 Å². The Morgan fingerprint density at radius 3 is 1.38 bits per heavy atom. The van der Waals surface area contributed by atoms with Crippen molar-refractivity contribution in [2.75, 3.05) is 0 Å². The SMILES string of the molecule is CC(CC(=O)OC(C)C)CC(=O)OC(C)C. The second-order valence-corrected chi connectivity index (χ2v) is 4.59. The van der Waals surface area contributed by atoms with Gasteiger partial charge in [0.25, 0.3) is 0 Å². The second-order valence-electron chi connectivity index (χ2n) is 4.59. The Morgan fingerprint density at radius 2 is 1.12 bits per heavy atom. The fourth-order valence-electron chi connectivity index (χ4n) is 1.26. The molecule has 94 valence electrons. The van der Waals surface area contributed by atoms with Crippen LogP contribution in [0.1, 0.15) is 47.5 Å². The van der Waals surface area contributed by atoms with Gasteiger partial charge in [0.15, 0.2) is 0 Å². The smallest absolute Gasteiger partial charge is 0.306 e. The van der Waals surface area contributed by atoms with Gasteiger partial charge in [0.05, 0.1) is 12.2 Å². The quantitative estimate of drug-likeness (QED) is 0.657. The first-order valence-electron chi connectivity index (χ1n) is 5.70. The number of ether oxygens (including phenoxy) is 2. The summed E-state index contributed by atoms with van der Waals surface area (Å²) in [5, 5.41) is 0. The van der Waals surface area contributed by atoms with Crippen molar-refractivity contribution in [1.82, 2.24) is 0 Å². The van der Waals surface area contributed by atoms with Crippen LogP contribution >= 0.6 is 0 Å². The first-order chi connectivity index (χ1) is 7.31. The topological polar surface area (TPSA) is 52.6 Å². The van der Waals surface area contributed by atoms with Crippen LogP contribution < -0.4 is 0 Å². The molecule has 0 aromatic carbocycles. The van der Waals surface area contributed by atoms with Gasteiger partial charge in [-0.2, -0.15) is 0 Å². The molecule has 4 nitrogen and oxygen atoms in total. The molecule has 0 saturated heterocycles. The third-order valence-corrected chi connectivity index (χ3v) is 1.76. The fourth-order valence-corrected chi connectivity index (χ4v) is 1.26. The number of carbonyl (C=O) groups is 2. The summed E-state index contributed by atoms with van der Waals surface area (Å²) >= 11 is 0. The highest BCUT2D eigenvalue weighted by molar-refractivity contribution is 5.73. The minimum absolute atomic E-state index is 0.0440. The van der Waals surface area contributed by atoms with Crippen LogP contribution in [0.5, 0.6) is 0 Å². The van der Waals surface area contributed by atoms with E-state index in [0.717, 1.165) is 0 Å². The van der Waals surface area contributed by atoms with Crippen molar-refractivity contribution in [2.24, 2.45) is 5.92 Å². The van der Waals surface area contributed by atoms with Crippen LogP contribution in [0.2, 0.25) is 0 Å². The number of carbonyl (C=O) groups excluding carboxylic acids is 2. The summed E-state index contributed by atoms with van der Waals surface area (Å²) in [6.45, 7) is 9.04. The van der Waals surface area contributed by atoms with Gasteiger partial charge < -0.3 is 9.47 Å². The Labute approximate surface area is 97.3 Å². The number of hydrogen-bond acceptors (Lipinski definition) is 4. The van der Waals surface area contributed by atoms with Gasteiger partial charge in [-0.1, -0.05) is 6.92 Å². The third-order valence-electron chi connectivity index (χ3n) is 1.76. The van der Waals surface area contributed by atoms with Crippen LogP contribution in [0.4, 0.5) is 0 Å². The molecule has 0 unspecified atom stereocenters. The van der Waals surface area contributed by atoms with E-state index in [4.69, 9.17) is 9.47 Å². The van der Waals surface area contributed by atoms with E-state index >= 15 is 0 Å². The largest absolute Gasteiger partial charge is 0.463 e. The van der Waals surface area contributed by atoms with Crippen molar-refractivity contribution >= 4 is 11.9 Å². The molecular formula is C12H22O4. The summed E-state index contributed by atoms with van der Waals surface area (Å²) in [5.41, 5.74) is 0. The van der Waals surface area contributed by atoms with E-state index in [9.17, 15) is 9.59 Å². The van der Waals surface area contributed by atoms with Gasteiger partial charge in [-0.05, 0) is 33.6 Å². The van der Waals surface area contributed by atoms with Crippen molar-refractivity contribution in [3.05, 3.63) is 0 Å². The Balaban J connectivity index is 3.85. The normalized spacial score (nSPS) is 11.0. The molecule has 0 spiro atoms. The van der Waals surface area contributed by atoms with E-state index in [1.807, 2.05) is 6.92 Å². The van der Waals surface area contributed by atoms with Gasteiger partial charge >= 0.3 is 11.9 Å². The van der Waals surface area contributed by atoms with Crippen molar-refractivity contribution in [1.29, 1.82) is 0 Å². The third kappa shape index (κ3) is 8.26. The minimum Gasteiger partial charge on any atom is -0.463 e. The molecule has 16 heavy (non-hydrogen) atoms. The van der Waals surface area contributed by atoms with Crippen LogP contribution in [-0.2, 0) is 19.1 Å². The minimum atomic E-state index is -0.264. The summed E-state index contributed by atoms with van der Waals surface area (Å²) in [7, 11) is 0. The molecule has 0 rings (SSSR count). The molecule has 0 N–H and O–H groups in total. The number of hydrogen-bond donors (Lipinski definition) is 0. The Kier molecular flexibility index (Phi) is 6.77. The Morgan fingerprint density at radius 1 is 0.812 bits per heavy atom. The average molecular weight is 230 g/mol. The highest BCUT2D eigenvalue weighted by Gasteiger charge is 2.16. The predicted octanol–water partition coefficient (Wildman–Crippen LogP) is 2.31. The van der Waals surface area contributed by atoms with Crippen LogP contribution in [-0.4, -0.2) is 24.1 Å².